The predicted octanol–water partition coefficient (Wildman–Crippen LogP) is 4.46. The molecule has 2 rings (SSSR count). The highest BCUT2D eigenvalue weighted by molar-refractivity contribution is 5.67. The predicted molar refractivity (Wildman–Crippen MR) is 72.4 cm³/mol. The van der Waals surface area contributed by atoms with E-state index in [0.717, 1.165) is 38.2 Å². The van der Waals surface area contributed by atoms with Crippen LogP contribution in [0.2, 0.25) is 0 Å². The summed E-state index contributed by atoms with van der Waals surface area (Å²) in [6.45, 7) is 0. The van der Waals surface area contributed by atoms with Crippen LogP contribution in [0.4, 0.5) is 13.2 Å². The number of hydrogen-bond donors (Lipinski definition) is 1. The zero-order valence-electron chi connectivity index (χ0n) is 11.8. The summed E-state index contributed by atoms with van der Waals surface area (Å²) in [7, 11) is 0. The molecule has 1 aromatic rings. The molecular formula is C16H19F3O2. The second-order valence-corrected chi connectivity index (χ2v) is 5.99. The monoisotopic (exact) mass is 300 g/mol. The van der Waals surface area contributed by atoms with Crippen LogP contribution >= 0.6 is 0 Å². The van der Waals surface area contributed by atoms with Crippen LogP contribution in [0, 0.1) is 22.9 Å². The Hall–Kier alpha value is -1.52. The van der Waals surface area contributed by atoms with Gasteiger partial charge in [0.15, 0.2) is 11.6 Å². The first-order chi connectivity index (χ1) is 9.92. The molecule has 1 N–H and O–H groups in total. The van der Waals surface area contributed by atoms with Crippen molar-refractivity contribution < 1.29 is 23.1 Å². The van der Waals surface area contributed by atoms with Crippen LogP contribution in [0.3, 0.4) is 0 Å². The van der Waals surface area contributed by atoms with Crippen LogP contribution in [0.15, 0.2) is 12.1 Å². The minimum Gasteiger partial charge on any atom is -0.481 e. The van der Waals surface area contributed by atoms with Crippen molar-refractivity contribution in [3.05, 3.63) is 35.1 Å². The van der Waals surface area contributed by atoms with Gasteiger partial charge in [-0.3, -0.25) is 4.79 Å². The Bertz CT molecular complexity index is 522. The lowest BCUT2D eigenvalue weighted by atomic mass is 9.68. The van der Waals surface area contributed by atoms with Gasteiger partial charge in [-0.15, -0.1) is 0 Å². The van der Waals surface area contributed by atoms with Crippen molar-refractivity contribution in [3.63, 3.8) is 0 Å². The number of halogens is 3. The first-order valence-electron chi connectivity index (χ1n) is 7.27. The molecule has 1 fully saturated rings. The topological polar surface area (TPSA) is 37.3 Å². The molecule has 116 valence electrons. The van der Waals surface area contributed by atoms with E-state index in [2.05, 4.69) is 0 Å². The SMILES string of the molecule is O=C(O)CC1(CCc2cc(F)c(F)cc2F)CCCCC1. The summed E-state index contributed by atoms with van der Waals surface area (Å²) in [4.78, 5) is 11.1. The highest BCUT2D eigenvalue weighted by atomic mass is 19.2. The Kier molecular flexibility index (Phi) is 4.91. The van der Waals surface area contributed by atoms with Gasteiger partial charge in [0, 0.05) is 6.07 Å². The third-order valence-corrected chi connectivity index (χ3v) is 4.45. The maximum Gasteiger partial charge on any atom is 0.303 e. The number of rotatable bonds is 5. The highest BCUT2D eigenvalue weighted by Gasteiger charge is 2.34. The van der Waals surface area contributed by atoms with E-state index in [0.29, 0.717) is 12.5 Å². The summed E-state index contributed by atoms with van der Waals surface area (Å²) in [6, 6.07) is 1.43. The van der Waals surface area contributed by atoms with Gasteiger partial charge in [0.25, 0.3) is 0 Å². The molecule has 0 amide bonds. The number of hydrogen-bond acceptors (Lipinski definition) is 1. The van der Waals surface area contributed by atoms with Crippen LogP contribution in [0.5, 0.6) is 0 Å². The number of carboxylic acids is 1. The molecule has 0 bridgehead atoms. The minimum atomic E-state index is -1.20. The maximum atomic E-state index is 13.6. The second-order valence-electron chi connectivity index (χ2n) is 5.99. The quantitative estimate of drug-likeness (QED) is 0.815. The van der Waals surface area contributed by atoms with E-state index in [4.69, 9.17) is 5.11 Å². The fraction of sp³-hybridized carbons (Fsp3) is 0.562. The number of aliphatic carboxylic acids is 1. The van der Waals surface area contributed by atoms with Crippen molar-refractivity contribution in [2.24, 2.45) is 5.41 Å². The van der Waals surface area contributed by atoms with Crippen molar-refractivity contribution in [1.29, 1.82) is 0 Å². The molecule has 0 spiro atoms. The Morgan fingerprint density at radius 3 is 2.29 bits per heavy atom. The lowest BCUT2D eigenvalue weighted by molar-refractivity contribution is -0.140. The highest BCUT2D eigenvalue weighted by Crippen LogP contribution is 2.43. The second kappa shape index (κ2) is 6.50. The molecule has 2 nitrogen and oxygen atoms in total. The molecule has 0 aromatic heterocycles. The molecular weight excluding hydrogens is 281 g/mol. The Morgan fingerprint density at radius 1 is 1.05 bits per heavy atom. The standard InChI is InChI=1S/C16H19F3O2/c17-12-9-14(19)13(18)8-11(12)4-7-16(10-15(20)21)5-2-1-3-6-16/h8-9H,1-7,10H2,(H,20,21). The summed E-state index contributed by atoms with van der Waals surface area (Å²) in [5, 5.41) is 9.08. The summed E-state index contributed by atoms with van der Waals surface area (Å²) < 4.78 is 39.8. The molecule has 1 saturated carbocycles. The molecule has 1 aliphatic carbocycles. The van der Waals surface area contributed by atoms with E-state index in [-0.39, 0.29) is 23.8 Å². The van der Waals surface area contributed by atoms with Crippen molar-refractivity contribution in [2.75, 3.05) is 0 Å². The molecule has 1 aliphatic rings. The van der Waals surface area contributed by atoms with Crippen LogP contribution in [-0.2, 0) is 11.2 Å². The smallest absolute Gasteiger partial charge is 0.303 e. The van der Waals surface area contributed by atoms with Gasteiger partial charge in [0.1, 0.15) is 5.82 Å². The van der Waals surface area contributed by atoms with Crippen molar-refractivity contribution in [2.45, 2.75) is 51.4 Å². The molecule has 0 saturated heterocycles. The van der Waals surface area contributed by atoms with Crippen molar-refractivity contribution in [1.82, 2.24) is 0 Å². The van der Waals surface area contributed by atoms with Gasteiger partial charge in [-0.1, -0.05) is 19.3 Å². The van der Waals surface area contributed by atoms with Gasteiger partial charge in [0.2, 0.25) is 0 Å². The first kappa shape index (κ1) is 15.9. The molecule has 5 heteroatoms. The van der Waals surface area contributed by atoms with Gasteiger partial charge >= 0.3 is 5.97 Å². The maximum absolute atomic E-state index is 13.6. The molecule has 0 heterocycles. The Balaban J connectivity index is 2.11. The van der Waals surface area contributed by atoms with E-state index in [1.165, 1.54) is 0 Å². The van der Waals surface area contributed by atoms with Gasteiger partial charge in [0.05, 0.1) is 6.42 Å². The van der Waals surface area contributed by atoms with Crippen LogP contribution < -0.4 is 0 Å². The van der Waals surface area contributed by atoms with E-state index in [9.17, 15) is 18.0 Å². The third kappa shape index (κ3) is 3.99. The van der Waals surface area contributed by atoms with E-state index < -0.39 is 23.4 Å². The average molecular weight is 300 g/mol. The van der Waals surface area contributed by atoms with E-state index in [1.807, 2.05) is 0 Å². The fourth-order valence-corrected chi connectivity index (χ4v) is 3.29. The lowest BCUT2D eigenvalue weighted by Crippen LogP contribution is -2.28. The molecule has 1 aromatic carbocycles. The zero-order chi connectivity index (χ0) is 15.5. The molecule has 0 aliphatic heterocycles. The first-order valence-corrected chi connectivity index (χ1v) is 7.27. The summed E-state index contributed by atoms with van der Waals surface area (Å²) in [5.41, 5.74) is -0.231. The summed E-state index contributed by atoms with van der Waals surface area (Å²) in [6.07, 6.45) is 5.38. The lowest BCUT2D eigenvalue weighted by Gasteiger charge is -2.36. The van der Waals surface area contributed by atoms with Crippen LogP contribution in [-0.4, -0.2) is 11.1 Å². The van der Waals surface area contributed by atoms with Gasteiger partial charge in [-0.2, -0.15) is 0 Å². The average Bonchev–Trinajstić information content (AvgIpc) is 2.42. The number of aryl methyl sites for hydroxylation is 1. The number of carbonyl (C=O) groups is 1. The van der Waals surface area contributed by atoms with E-state index in [1.54, 1.807) is 0 Å². The van der Waals surface area contributed by atoms with Crippen LogP contribution in [0.1, 0.15) is 50.5 Å². The number of carboxylic acid groups (broad SMARTS) is 1. The van der Waals surface area contributed by atoms with Crippen LogP contribution in [0.25, 0.3) is 0 Å². The van der Waals surface area contributed by atoms with Gasteiger partial charge in [-0.05, 0) is 42.7 Å². The third-order valence-electron chi connectivity index (χ3n) is 4.45. The Morgan fingerprint density at radius 2 is 1.67 bits per heavy atom. The minimum absolute atomic E-state index is 0.0539. The van der Waals surface area contributed by atoms with Gasteiger partial charge < -0.3 is 5.11 Å². The van der Waals surface area contributed by atoms with Gasteiger partial charge in [-0.25, -0.2) is 13.2 Å². The summed E-state index contributed by atoms with van der Waals surface area (Å²) in [5.74, 6) is -3.89. The molecule has 0 unspecified atom stereocenters. The number of benzene rings is 1. The largest absolute Gasteiger partial charge is 0.481 e. The normalized spacial score (nSPS) is 17.7. The molecule has 0 atom stereocenters. The molecule has 21 heavy (non-hydrogen) atoms. The summed E-state index contributed by atoms with van der Waals surface area (Å²) >= 11 is 0. The fourth-order valence-electron chi connectivity index (χ4n) is 3.29. The van der Waals surface area contributed by atoms with E-state index >= 15 is 0 Å². The Labute approximate surface area is 122 Å². The molecule has 0 radical (unpaired) electrons. The zero-order valence-corrected chi connectivity index (χ0v) is 11.8. The van der Waals surface area contributed by atoms with Crippen molar-refractivity contribution >= 4 is 5.97 Å². The van der Waals surface area contributed by atoms with Crippen molar-refractivity contribution in [3.8, 4) is 0 Å².